The second-order valence-electron chi connectivity index (χ2n) is 4.68. The third-order valence-electron chi connectivity index (χ3n) is 2.93. The van der Waals surface area contributed by atoms with Gasteiger partial charge < -0.3 is 20.1 Å². The summed E-state index contributed by atoms with van der Waals surface area (Å²) in [5, 5.41) is 4.82. The molecule has 1 unspecified atom stereocenters. The number of carbonyl (C=O) groups is 2. The van der Waals surface area contributed by atoms with Crippen molar-refractivity contribution in [1.82, 2.24) is 5.32 Å². The van der Waals surface area contributed by atoms with Crippen LogP contribution in [-0.4, -0.2) is 44.3 Å². The van der Waals surface area contributed by atoms with Gasteiger partial charge in [-0.1, -0.05) is 6.07 Å². The molecule has 1 aromatic rings. The van der Waals surface area contributed by atoms with E-state index in [9.17, 15) is 14.0 Å². The van der Waals surface area contributed by atoms with E-state index in [2.05, 4.69) is 10.6 Å². The van der Waals surface area contributed by atoms with Crippen LogP contribution in [0.2, 0.25) is 0 Å². The Kier molecular flexibility index (Phi) is 5.24. The molecule has 1 aliphatic heterocycles. The van der Waals surface area contributed by atoms with E-state index >= 15 is 0 Å². The van der Waals surface area contributed by atoms with Gasteiger partial charge in [0.1, 0.15) is 5.82 Å². The highest BCUT2D eigenvalue weighted by atomic mass is 19.1. The first-order chi connectivity index (χ1) is 10.1. The molecule has 0 aliphatic carbocycles. The number of ether oxygens (including phenoxy) is 2. The Labute approximate surface area is 121 Å². The van der Waals surface area contributed by atoms with E-state index in [0.717, 1.165) is 5.56 Å². The molecule has 0 bridgehead atoms. The van der Waals surface area contributed by atoms with Gasteiger partial charge in [0.15, 0.2) is 6.10 Å². The fourth-order valence-electron chi connectivity index (χ4n) is 1.84. The number of rotatable bonds is 4. The first-order valence-corrected chi connectivity index (χ1v) is 6.59. The zero-order chi connectivity index (χ0) is 15.2. The van der Waals surface area contributed by atoms with Gasteiger partial charge in [-0.15, -0.1) is 0 Å². The van der Waals surface area contributed by atoms with Crippen molar-refractivity contribution in [3.05, 3.63) is 29.6 Å². The van der Waals surface area contributed by atoms with Gasteiger partial charge in [-0.2, -0.15) is 0 Å². The topological polar surface area (TPSA) is 76.7 Å². The van der Waals surface area contributed by atoms with Crippen LogP contribution in [0.4, 0.5) is 10.1 Å². The minimum Gasteiger partial charge on any atom is -0.376 e. The normalized spacial score (nSPS) is 18.1. The van der Waals surface area contributed by atoms with Crippen LogP contribution in [0.3, 0.4) is 0 Å². The van der Waals surface area contributed by atoms with Gasteiger partial charge >= 0.3 is 0 Å². The number of halogens is 1. The molecule has 0 spiro atoms. The third kappa shape index (κ3) is 4.51. The monoisotopic (exact) mass is 296 g/mol. The summed E-state index contributed by atoms with van der Waals surface area (Å²) in [4.78, 5) is 23.4. The maximum Gasteiger partial charge on any atom is 0.251 e. The fraction of sp³-hybridized carbons (Fsp3) is 0.429. The number of benzene rings is 1. The summed E-state index contributed by atoms with van der Waals surface area (Å²) in [6.07, 6.45) is -0.706. The lowest BCUT2D eigenvalue weighted by atomic mass is 10.2. The molecular formula is C14H17FN2O4. The Morgan fingerprint density at radius 2 is 2.19 bits per heavy atom. The van der Waals surface area contributed by atoms with Gasteiger partial charge in [0, 0.05) is 0 Å². The first-order valence-electron chi connectivity index (χ1n) is 6.59. The second kappa shape index (κ2) is 7.14. The van der Waals surface area contributed by atoms with E-state index in [1.54, 1.807) is 13.0 Å². The predicted molar refractivity (Wildman–Crippen MR) is 73.3 cm³/mol. The SMILES string of the molecule is Cc1ccc(NC(=O)CNC(=O)C2COCCO2)c(F)c1. The number of carbonyl (C=O) groups excluding carboxylic acids is 2. The highest BCUT2D eigenvalue weighted by Crippen LogP contribution is 2.14. The zero-order valence-corrected chi connectivity index (χ0v) is 11.6. The lowest BCUT2D eigenvalue weighted by molar-refractivity contribution is -0.148. The van der Waals surface area contributed by atoms with E-state index in [4.69, 9.17) is 9.47 Å². The molecule has 7 heteroatoms. The van der Waals surface area contributed by atoms with E-state index < -0.39 is 23.7 Å². The predicted octanol–water partition coefficient (Wildman–Crippen LogP) is 0.604. The highest BCUT2D eigenvalue weighted by molar-refractivity contribution is 5.95. The Morgan fingerprint density at radius 1 is 1.38 bits per heavy atom. The van der Waals surface area contributed by atoms with Crippen LogP contribution < -0.4 is 10.6 Å². The summed E-state index contributed by atoms with van der Waals surface area (Å²) in [6, 6.07) is 4.48. The van der Waals surface area contributed by atoms with Gasteiger partial charge in [0.25, 0.3) is 5.91 Å². The van der Waals surface area contributed by atoms with Crippen LogP contribution in [-0.2, 0) is 19.1 Å². The van der Waals surface area contributed by atoms with Crippen molar-refractivity contribution >= 4 is 17.5 Å². The molecule has 2 rings (SSSR count). The molecule has 1 saturated heterocycles. The Hall–Kier alpha value is -1.99. The summed E-state index contributed by atoms with van der Waals surface area (Å²) in [6.45, 7) is 2.46. The molecule has 0 radical (unpaired) electrons. The van der Waals surface area contributed by atoms with Crippen molar-refractivity contribution in [2.75, 3.05) is 31.7 Å². The molecule has 114 valence electrons. The molecule has 2 amide bonds. The summed E-state index contributed by atoms with van der Waals surface area (Å²) in [5.41, 5.74) is 0.838. The molecule has 1 aliphatic rings. The molecule has 1 aromatic carbocycles. The lowest BCUT2D eigenvalue weighted by Gasteiger charge is -2.21. The molecule has 21 heavy (non-hydrogen) atoms. The van der Waals surface area contributed by atoms with Gasteiger partial charge in [-0.3, -0.25) is 9.59 Å². The van der Waals surface area contributed by atoms with Crippen LogP contribution in [0.1, 0.15) is 5.56 Å². The highest BCUT2D eigenvalue weighted by Gasteiger charge is 2.22. The first kappa shape index (κ1) is 15.4. The van der Waals surface area contributed by atoms with Gasteiger partial charge in [0.05, 0.1) is 32.1 Å². The molecule has 0 aromatic heterocycles. The van der Waals surface area contributed by atoms with E-state index in [1.807, 2.05) is 0 Å². The average Bonchev–Trinajstić information content (AvgIpc) is 2.48. The Balaban J connectivity index is 1.80. The molecule has 1 fully saturated rings. The van der Waals surface area contributed by atoms with Crippen LogP contribution in [0.25, 0.3) is 0 Å². The number of amides is 2. The molecule has 1 atom stereocenters. The number of hydrogen-bond donors (Lipinski definition) is 2. The Morgan fingerprint density at radius 3 is 2.86 bits per heavy atom. The lowest BCUT2D eigenvalue weighted by Crippen LogP contribution is -2.45. The van der Waals surface area contributed by atoms with Crippen molar-refractivity contribution in [2.24, 2.45) is 0 Å². The molecule has 0 saturated carbocycles. The third-order valence-corrected chi connectivity index (χ3v) is 2.93. The van der Waals surface area contributed by atoms with Gasteiger partial charge in [-0.25, -0.2) is 4.39 Å². The van der Waals surface area contributed by atoms with Crippen molar-refractivity contribution in [2.45, 2.75) is 13.0 Å². The molecule has 6 nitrogen and oxygen atoms in total. The van der Waals surface area contributed by atoms with Gasteiger partial charge in [-0.05, 0) is 24.6 Å². The van der Waals surface area contributed by atoms with Crippen LogP contribution in [0.15, 0.2) is 18.2 Å². The molecule has 1 heterocycles. The quantitative estimate of drug-likeness (QED) is 0.853. The summed E-state index contributed by atoms with van der Waals surface area (Å²) >= 11 is 0. The van der Waals surface area contributed by atoms with Crippen molar-refractivity contribution in [1.29, 1.82) is 0 Å². The van der Waals surface area contributed by atoms with E-state index in [0.29, 0.717) is 13.2 Å². The largest absolute Gasteiger partial charge is 0.376 e. The average molecular weight is 296 g/mol. The van der Waals surface area contributed by atoms with Crippen LogP contribution >= 0.6 is 0 Å². The summed E-state index contributed by atoms with van der Waals surface area (Å²) in [7, 11) is 0. The molecular weight excluding hydrogens is 279 g/mol. The maximum absolute atomic E-state index is 13.6. The number of hydrogen-bond acceptors (Lipinski definition) is 4. The zero-order valence-electron chi connectivity index (χ0n) is 11.6. The van der Waals surface area contributed by atoms with Crippen molar-refractivity contribution in [3.63, 3.8) is 0 Å². The molecule has 2 N–H and O–H groups in total. The van der Waals surface area contributed by atoms with E-state index in [-0.39, 0.29) is 18.8 Å². The minimum atomic E-state index is -0.706. The fourth-order valence-corrected chi connectivity index (χ4v) is 1.84. The maximum atomic E-state index is 13.6. The summed E-state index contributed by atoms with van der Waals surface area (Å²) < 4.78 is 23.9. The van der Waals surface area contributed by atoms with E-state index in [1.165, 1.54) is 12.1 Å². The number of nitrogens with one attached hydrogen (secondary N) is 2. The van der Waals surface area contributed by atoms with Gasteiger partial charge in [0.2, 0.25) is 5.91 Å². The van der Waals surface area contributed by atoms with Crippen LogP contribution in [0.5, 0.6) is 0 Å². The standard InChI is InChI=1S/C14H17FN2O4/c1-9-2-3-11(10(15)6-9)17-13(18)7-16-14(19)12-8-20-4-5-21-12/h2-3,6,12H,4-5,7-8H2,1H3,(H,16,19)(H,17,18). The number of anilines is 1. The smallest absolute Gasteiger partial charge is 0.251 e. The van der Waals surface area contributed by atoms with Crippen LogP contribution in [0, 0.1) is 12.7 Å². The van der Waals surface area contributed by atoms with Crippen molar-refractivity contribution in [3.8, 4) is 0 Å². The second-order valence-corrected chi connectivity index (χ2v) is 4.68. The van der Waals surface area contributed by atoms with Crippen molar-refractivity contribution < 1.29 is 23.5 Å². The number of aryl methyl sites for hydroxylation is 1. The Bertz CT molecular complexity index is 530. The minimum absolute atomic E-state index is 0.0806. The summed E-state index contributed by atoms with van der Waals surface area (Å²) in [5.74, 6) is -1.45.